The Bertz CT molecular complexity index is 1200. The number of nitrogens with zero attached hydrogens (tertiary/aromatic N) is 6. The maximum atomic E-state index is 5.51. The summed E-state index contributed by atoms with van der Waals surface area (Å²) >= 11 is 0. The van der Waals surface area contributed by atoms with Gasteiger partial charge in [-0.15, -0.1) is 0 Å². The molecule has 3 aromatic rings. The first-order chi connectivity index (χ1) is 16.3. The third kappa shape index (κ3) is 3.88. The molecule has 0 saturated carbocycles. The molecule has 0 radical (unpaired) electrons. The highest BCUT2D eigenvalue weighted by Crippen LogP contribution is 2.33. The Kier molecular flexibility index (Phi) is 5.30. The molecule has 6 rings (SSSR count). The fraction of sp³-hybridized carbons (Fsp3) is 0.440. The van der Waals surface area contributed by atoms with Crippen molar-refractivity contribution >= 4 is 34.3 Å². The molecular weight excluding hydrogens is 414 g/mol. The number of anilines is 3. The summed E-state index contributed by atoms with van der Waals surface area (Å²) in [7, 11) is 0. The van der Waals surface area contributed by atoms with Crippen molar-refractivity contribution in [2.75, 3.05) is 54.6 Å². The summed E-state index contributed by atoms with van der Waals surface area (Å²) in [6.07, 6.45) is 4.59. The fourth-order valence-corrected chi connectivity index (χ4v) is 5.12. The van der Waals surface area contributed by atoms with E-state index in [1.165, 1.54) is 34.7 Å². The quantitative estimate of drug-likeness (QED) is 0.478. The number of hydrazone groups is 1. The molecular formula is C25H29N7O. The summed E-state index contributed by atoms with van der Waals surface area (Å²) in [5.74, 6) is 1.90. The lowest BCUT2D eigenvalue weighted by Gasteiger charge is -2.27. The second kappa shape index (κ2) is 8.59. The average Bonchev–Trinajstić information content (AvgIpc) is 3.55. The Morgan fingerprint density at radius 1 is 0.879 bits per heavy atom. The zero-order valence-corrected chi connectivity index (χ0v) is 19.0. The number of ether oxygens (including phenoxy) is 1. The molecule has 2 aromatic carbocycles. The Morgan fingerprint density at radius 2 is 1.58 bits per heavy atom. The van der Waals surface area contributed by atoms with Gasteiger partial charge in [-0.2, -0.15) is 20.1 Å². The lowest BCUT2D eigenvalue weighted by atomic mass is 9.98. The molecule has 1 N–H and O–H groups in total. The molecule has 0 spiro atoms. The van der Waals surface area contributed by atoms with Crippen LogP contribution in [0.15, 0.2) is 35.4 Å². The number of hydrogen-bond acceptors (Lipinski definition) is 8. The summed E-state index contributed by atoms with van der Waals surface area (Å²) in [6.45, 7) is 6.95. The number of morpholine rings is 1. The van der Waals surface area contributed by atoms with E-state index in [9.17, 15) is 0 Å². The van der Waals surface area contributed by atoms with Crippen LogP contribution in [-0.4, -0.2) is 60.1 Å². The number of aromatic nitrogens is 3. The van der Waals surface area contributed by atoms with Crippen molar-refractivity contribution in [3.8, 4) is 0 Å². The van der Waals surface area contributed by atoms with Crippen molar-refractivity contribution in [1.82, 2.24) is 15.0 Å². The van der Waals surface area contributed by atoms with E-state index in [4.69, 9.17) is 24.8 Å². The Balaban J connectivity index is 1.32. The van der Waals surface area contributed by atoms with Gasteiger partial charge in [0.2, 0.25) is 17.8 Å². The van der Waals surface area contributed by atoms with Gasteiger partial charge < -0.3 is 14.5 Å². The van der Waals surface area contributed by atoms with Crippen LogP contribution < -0.4 is 15.2 Å². The summed E-state index contributed by atoms with van der Waals surface area (Å²) < 4.78 is 5.51. The van der Waals surface area contributed by atoms with Crippen molar-refractivity contribution < 1.29 is 4.74 Å². The Morgan fingerprint density at radius 3 is 2.33 bits per heavy atom. The number of benzene rings is 2. The molecule has 0 unspecified atom stereocenters. The van der Waals surface area contributed by atoms with E-state index in [1.54, 1.807) is 0 Å². The van der Waals surface area contributed by atoms with Crippen LogP contribution in [0.4, 0.5) is 17.8 Å². The number of nitrogens with one attached hydrogen (secondary N) is 1. The molecule has 2 saturated heterocycles. The number of hydrogen-bond donors (Lipinski definition) is 1. The molecule has 8 nitrogen and oxygen atoms in total. The van der Waals surface area contributed by atoms with Crippen LogP contribution >= 0.6 is 0 Å². The monoisotopic (exact) mass is 443 g/mol. The smallest absolute Gasteiger partial charge is 0.250 e. The molecule has 0 amide bonds. The molecule has 0 atom stereocenters. The highest BCUT2D eigenvalue weighted by atomic mass is 16.5. The Labute approximate surface area is 193 Å². The van der Waals surface area contributed by atoms with E-state index >= 15 is 0 Å². The molecule has 1 aromatic heterocycles. The first-order valence-corrected chi connectivity index (χ1v) is 11.9. The highest BCUT2D eigenvalue weighted by molar-refractivity contribution is 6.11. The third-order valence-corrected chi connectivity index (χ3v) is 6.88. The van der Waals surface area contributed by atoms with Crippen molar-refractivity contribution in [2.24, 2.45) is 5.10 Å². The molecule has 33 heavy (non-hydrogen) atoms. The molecule has 3 aliphatic rings. The van der Waals surface area contributed by atoms with Crippen molar-refractivity contribution in [1.29, 1.82) is 0 Å². The molecule has 2 fully saturated rings. The van der Waals surface area contributed by atoms with Crippen LogP contribution in [0, 0.1) is 0 Å². The van der Waals surface area contributed by atoms with Gasteiger partial charge in [0.1, 0.15) is 0 Å². The first kappa shape index (κ1) is 20.4. The van der Waals surface area contributed by atoms with E-state index in [0.29, 0.717) is 25.1 Å². The maximum Gasteiger partial charge on any atom is 0.250 e. The van der Waals surface area contributed by atoms with Gasteiger partial charge in [0.25, 0.3) is 0 Å². The molecule has 1 aliphatic carbocycles. The van der Waals surface area contributed by atoms with Crippen LogP contribution in [0.2, 0.25) is 0 Å². The minimum absolute atomic E-state index is 0.485. The summed E-state index contributed by atoms with van der Waals surface area (Å²) in [5, 5.41) is 7.37. The SMILES string of the molecule is CC(=NNc1nc(N2CCCC2)nc(N2CCOCC2)n1)c1ccc2c3c(cccc13)CC2. The minimum atomic E-state index is 0.485. The summed E-state index contributed by atoms with van der Waals surface area (Å²) in [4.78, 5) is 18.6. The standard InChI is InChI=1S/C25H29N7O/c1-17(20-10-9-19-8-7-18-5-4-6-21(20)22(18)19)29-30-23-26-24(31-11-2-3-12-31)28-25(27-23)32-13-15-33-16-14-32/h4-6,9-10H,2-3,7-8,11-16H2,1H3,(H,26,27,28,30). The van der Waals surface area contributed by atoms with Crippen LogP contribution in [0.5, 0.6) is 0 Å². The Hall–Kier alpha value is -3.26. The predicted octanol–water partition coefficient (Wildman–Crippen LogP) is 3.40. The van der Waals surface area contributed by atoms with Crippen LogP contribution in [0.1, 0.15) is 36.5 Å². The van der Waals surface area contributed by atoms with Crippen molar-refractivity contribution in [3.05, 3.63) is 47.0 Å². The maximum absolute atomic E-state index is 5.51. The van der Waals surface area contributed by atoms with Gasteiger partial charge in [0.05, 0.1) is 18.9 Å². The fourth-order valence-electron chi connectivity index (χ4n) is 5.12. The van der Waals surface area contributed by atoms with Crippen LogP contribution in [-0.2, 0) is 17.6 Å². The normalized spacial score (nSPS) is 18.4. The van der Waals surface area contributed by atoms with Gasteiger partial charge in [-0.1, -0.05) is 30.3 Å². The molecule has 3 heterocycles. The molecule has 2 aliphatic heterocycles. The van der Waals surface area contributed by atoms with Gasteiger partial charge >= 0.3 is 0 Å². The van der Waals surface area contributed by atoms with Gasteiger partial charge in [0.15, 0.2) is 0 Å². The van der Waals surface area contributed by atoms with E-state index in [-0.39, 0.29) is 0 Å². The summed E-state index contributed by atoms with van der Waals surface area (Å²) in [5.41, 5.74) is 8.08. The van der Waals surface area contributed by atoms with Crippen molar-refractivity contribution in [2.45, 2.75) is 32.6 Å². The highest BCUT2D eigenvalue weighted by Gasteiger charge is 2.21. The van der Waals surface area contributed by atoms with E-state index in [1.807, 2.05) is 6.92 Å². The summed E-state index contributed by atoms with van der Waals surface area (Å²) in [6, 6.07) is 11.0. The van der Waals surface area contributed by atoms with Crippen molar-refractivity contribution in [3.63, 3.8) is 0 Å². The van der Waals surface area contributed by atoms with E-state index in [0.717, 1.165) is 56.2 Å². The second-order valence-electron chi connectivity index (χ2n) is 8.97. The largest absolute Gasteiger partial charge is 0.378 e. The lowest BCUT2D eigenvalue weighted by Crippen LogP contribution is -2.38. The minimum Gasteiger partial charge on any atom is -0.378 e. The van der Waals surface area contributed by atoms with E-state index in [2.05, 4.69) is 45.6 Å². The zero-order chi connectivity index (χ0) is 22.2. The molecule has 170 valence electrons. The first-order valence-electron chi connectivity index (χ1n) is 11.9. The predicted molar refractivity (Wildman–Crippen MR) is 131 cm³/mol. The molecule has 0 bridgehead atoms. The van der Waals surface area contributed by atoms with E-state index < -0.39 is 0 Å². The van der Waals surface area contributed by atoms with Gasteiger partial charge in [0, 0.05) is 31.7 Å². The second-order valence-corrected chi connectivity index (χ2v) is 8.97. The van der Waals surface area contributed by atoms with Gasteiger partial charge in [-0.25, -0.2) is 5.43 Å². The zero-order valence-electron chi connectivity index (χ0n) is 19.0. The molecule has 8 heteroatoms. The number of aryl methyl sites for hydroxylation is 2. The van der Waals surface area contributed by atoms with Gasteiger partial charge in [-0.3, -0.25) is 0 Å². The van der Waals surface area contributed by atoms with Gasteiger partial charge in [-0.05, 0) is 54.5 Å². The van der Waals surface area contributed by atoms with Crippen LogP contribution in [0.3, 0.4) is 0 Å². The average molecular weight is 444 g/mol. The topological polar surface area (TPSA) is 78.8 Å². The van der Waals surface area contributed by atoms with Crippen LogP contribution in [0.25, 0.3) is 10.8 Å². The third-order valence-electron chi connectivity index (χ3n) is 6.88. The number of rotatable bonds is 5. The lowest BCUT2D eigenvalue weighted by molar-refractivity contribution is 0.122.